The van der Waals surface area contributed by atoms with Crippen molar-refractivity contribution in [3.8, 4) is 11.5 Å². The van der Waals surface area contributed by atoms with E-state index in [1.165, 1.54) is 0 Å². The molecule has 1 aliphatic heterocycles. The Labute approximate surface area is 230 Å². The molecule has 2 amide bonds. The number of carbonyl (C=O) groups is 2. The molecule has 192 valence electrons. The van der Waals surface area contributed by atoms with E-state index in [1.54, 1.807) is 25.2 Å². The number of carbonyl (C=O) groups excluding carboxylic acids is 2. The van der Waals surface area contributed by atoms with E-state index in [9.17, 15) is 9.59 Å². The zero-order chi connectivity index (χ0) is 26.8. The molecular formula is C31H27BrN2O4. The summed E-state index contributed by atoms with van der Waals surface area (Å²) in [5.74, 6) is 0.325. The van der Waals surface area contributed by atoms with Crippen LogP contribution in [0.2, 0.25) is 0 Å². The molecule has 0 saturated heterocycles. The number of hydrogen-bond donors (Lipinski definition) is 1. The minimum Gasteiger partial charge on any atom is -0.497 e. The second-order valence-electron chi connectivity index (χ2n) is 9.10. The molecule has 1 N–H and O–H groups in total. The van der Waals surface area contributed by atoms with Gasteiger partial charge >= 0.3 is 0 Å². The highest BCUT2D eigenvalue weighted by atomic mass is 79.9. The molecule has 0 unspecified atom stereocenters. The molecule has 5 rings (SSSR count). The topological polar surface area (TPSA) is 67.9 Å². The molecule has 1 heterocycles. The van der Waals surface area contributed by atoms with Crippen LogP contribution in [0.3, 0.4) is 0 Å². The zero-order valence-corrected chi connectivity index (χ0v) is 22.9. The molecule has 0 bridgehead atoms. The number of anilines is 2. The van der Waals surface area contributed by atoms with Gasteiger partial charge in [0.25, 0.3) is 5.91 Å². The number of methoxy groups -OCH3 is 2. The second kappa shape index (κ2) is 10.7. The number of aryl methyl sites for hydroxylation is 1. The highest BCUT2D eigenvalue weighted by Gasteiger charge is 2.45. The van der Waals surface area contributed by atoms with E-state index in [4.69, 9.17) is 9.47 Å². The van der Waals surface area contributed by atoms with Crippen molar-refractivity contribution in [2.45, 2.75) is 18.9 Å². The molecule has 6 nitrogen and oxygen atoms in total. The van der Waals surface area contributed by atoms with Crippen molar-refractivity contribution in [3.05, 3.63) is 118 Å². The van der Waals surface area contributed by atoms with Crippen LogP contribution in [0.4, 0.5) is 11.4 Å². The van der Waals surface area contributed by atoms with Gasteiger partial charge in [0, 0.05) is 21.4 Å². The van der Waals surface area contributed by atoms with Gasteiger partial charge in [0.05, 0.1) is 26.2 Å². The summed E-state index contributed by atoms with van der Waals surface area (Å²) < 4.78 is 11.6. The number of nitrogens with one attached hydrogen (secondary N) is 1. The predicted molar refractivity (Wildman–Crippen MR) is 152 cm³/mol. The minimum atomic E-state index is -0.678. The van der Waals surface area contributed by atoms with Crippen LogP contribution in [0, 0.1) is 6.92 Å². The number of halogens is 1. The molecule has 0 radical (unpaired) electrons. The van der Waals surface area contributed by atoms with Gasteiger partial charge in [-0.3, -0.25) is 14.5 Å². The maximum atomic E-state index is 14.2. The smallest absolute Gasteiger partial charge is 0.259 e. The summed E-state index contributed by atoms with van der Waals surface area (Å²) in [7, 11) is 3.21. The standard InChI is InChI=1S/C31H27BrN2O4/c1-19-18-21(32)10-17-27(19)33-30(35)28-25-6-4-5-7-26(25)31(36)34(22-11-15-24(38-3)16-12-22)29(28)20-8-13-23(37-2)14-9-20/h4-18,28-29H,1-3H3,(H,33,35)/t28-,29+/m1/s1. The van der Waals surface area contributed by atoms with Gasteiger partial charge < -0.3 is 14.8 Å². The van der Waals surface area contributed by atoms with Gasteiger partial charge in [-0.15, -0.1) is 0 Å². The molecule has 4 aromatic rings. The Bertz CT molecular complexity index is 1490. The Morgan fingerprint density at radius 2 is 1.50 bits per heavy atom. The highest BCUT2D eigenvalue weighted by Crippen LogP contribution is 2.46. The van der Waals surface area contributed by atoms with Crippen molar-refractivity contribution in [1.29, 1.82) is 0 Å². The fourth-order valence-electron chi connectivity index (χ4n) is 4.96. The number of rotatable bonds is 6. The zero-order valence-electron chi connectivity index (χ0n) is 21.3. The van der Waals surface area contributed by atoms with Gasteiger partial charge in [0.15, 0.2) is 0 Å². The van der Waals surface area contributed by atoms with Crippen LogP contribution in [0.25, 0.3) is 0 Å². The molecule has 1 aliphatic rings. The Hall–Kier alpha value is -4.10. The summed E-state index contributed by atoms with van der Waals surface area (Å²) in [6.45, 7) is 1.95. The summed E-state index contributed by atoms with van der Waals surface area (Å²) in [5.41, 5.74) is 4.33. The predicted octanol–water partition coefficient (Wildman–Crippen LogP) is 6.90. The highest BCUT2D eigenvalue weighted by molar-refractivity contribution is 9.10. The van der Waals surface area contributed by atoms with E-state index in [2.05, 4.69) is 21.2 Å². The molecule has 0 fully saturated rings. The Morgan fingerprint density at radius 1 is 0.868 bits per heavy atom. The molecule has 0 aromatic heterocycles. The molecule has 2 atom stereocenters. The largest absolute Gasteiger partial charge is 0.497 e. The quantitative estimate of drug-likeness (QED) is 0.274. The number of fused-ring (bicyclic) bond motifs is 1. The number of amides is 2. The molecule has 0 aliphatic carbocycles. The third-order valence-corrected chi connectivity index (χ3v) is 7.37. The number of hydrogen-bond acceptors (Lipinski definition) is 4. The van der Waals surface area contributed by atoms with E-state index in [-0.39, 0.29) is 11.8 Å². The van der Waals surface area contributed by atoms with Crippen LogP contribution in [-0.4, -0.2) is 26.0 Å². The van der Waals surface area contributed by atoms with Crippen LogP contribution in [-0.2, 0) is 4.79 Å². The maximum Gasteiger partial charge on any atom is 0.259 e. The molecule has 4 aromatic carbocycles. The average Bonchev–Trinajstić information content (AvgIpc) is 2.94. The van der Waals surface area contributed by atoms with Crippen molar-refractivity contribution in [1.82, 2.24) is 0 Å². The first kappa shape index (κ1) is 25.5. The fourth-order valence-corrected chi connectivity index (χ4v) is 5.44. The van der Waals surface area contributed by atoms with E-state index < -0.39 is 12.0 Å². The first-order valence-corrected chi connectivity index (χ1v) is 13.0. The number of benzene rings is 4. The molecule has 7 heteroatoms. The van der Waals surface area contributed by atoms with Crippen LogP contribution in [0.1, 0.15) is 39.0 Å². The molecular weight excluding hydrogens is 544 g/mol. The van der Waals surface area contributed by atoms with Gasteiger partial charge in [-0.05, 0) is 84.3 Å². The van der Waals surface area contributed by atoms with Gasteiger partial charge in [-0.1, -0.05) is 46.3 Å². The summed E-state index contributed by atoms with van der Waals surface area (Å²) in [4.78, 5) is 29.9. The normalized spacial score (nSPS) is 16.5. The lowest BCUT2D eigenvalue weighted by atomic mass is 9.78. The van der Waals surface area contributed by atoms with Crippen LogP contribution in [0.5, 0.6) is 11.5 Å². The van der Waals surface area contributed by atoms with Gasteiger partial charge in [-0.25, -0.2) is 0 Å². The third-order valence-electron chi connectivity index (χ3n) is 6.88. The van der Waals surface area contributed by atoms with Crippen LogP contribution in [0.15, 0.2) is 95.5 Å². The Morgan fingerprint density at radius 3 is 2.13 bits per heavy atom. The first-order chi connectivity index (χ1) is 18.4. The lowest BCUT2D eigenvalue weighted by Gasteiger charge is -2.42. The van der Waals surface area contributed by atoms with E-state index >= 15 is 0 Å². The van der Waals surface area contributed by atoms with Crippen molar-refractivity contribution >= 4 is 39.1 Å². The van der Waals surface area contributed by atoms with Gasteiger partial charge in [0.1, 0.15) is 11.5 Å². The van der Waals surface area contributed by atoms with E-state index in [0.717, 1.165) is 21.3 Å². The number of ether oxygens (including phenoxy) is 2. The molecule has 38 heavy (non-hydrogen) atoms. The average molecular weight is 571 g/mol. The van der Waals surface area contributed by atoms with Gasteiger partial charge in [-0.2, -0.15) is 0 Å². The van der Waals surface area contributed by atoms with E-state index in [1.807, 2.05) is 91.9 Å². The lowest BCUT2D eigenvalue weighted by molar-refractivity contribution is -0.118. The van der Waals surface area contributed by atoms with Crippen molar-refractivity contribution in [2.24, 2.45) is 0 Å². The first-order valence-electron chi connectivity index (χ1n) is 12.2. The minimum absolute atomic E-state index is 0.171. The van der Waals surface area contributed by atoms with Crippen molar-refractivity contribution < 1.29 is 19.1 Å². The summed E-state index contributed by atoms with van der Waals surface area (Å²) in [6, 6.07) is 27.3. The fraction of sp³-hybridized carbons (Fsp3) is 0.161. The van der Waals surface area contributed by atoms with Crippen LogP contribution >= 0.6 is 15.9 Å². The monoisotopic (exact) mass is 570 g/mol. The molecule has 0 saturated carbocycles. The lowest BCUT2D eigenvalue weighted by Crippen LogP contribution is -2.46. The summed E-state index contributed by atoms with van der Waals surface area (Å²) in [6.07, 6.45) is 0. The third kappa shape index (κ3) is 4.77. The van der Waals surface area contributed by atoms with Crippen LogP contribution < -0.4 is 19.7 Å². The van der Waals surface area contributed by atoms with Gasteiger partial charge in [0.2, 0.25) is 5.91 Å². The maximum absolute atomic E-state index is 14.2. The summed E-state index contributed by atoms with van der Waals surface area (Å²) >= 11 is 3.49. The Kier molecular flexibility index (Phi) is 7.20. The summed E-state index contributed by atoms with van der Waals surface area (Å²) in [5, 5.41) is 3.13. The van der Waals surface area contributed by atoms with Crippen molar-refractivity contribution in [2.75, 3.05) is 24.4 Å². The van der Waals surface area contributed by atoms with E-state index in [0.29, 0.717) is 28.3 Å². The number of nitrogens with zero attached hydrogens (tertiary/aromatic N) is 1. The second-order valence-corrected chi connectivity index (χ2v) is 10.0. The van der Waals surface area contributed by atoms with Crippen molar-refractivity contribution in [3.63, 3.8) is 0 Å². The Balaban J connectivity index is 1.68. The molecule has 0 spiro atoms. The SMILES string of the molecule is COc1ccc([C@H]2[C@H](C(=O)Nc3ccc(Br)cc3C)c3ccccc3C(=O)N2c2ccc(OC)cc2)cc1.